The number of ether oxygens (including phenoxy) is 1. The fraction of sp³-hybridized carbons (Fsp3) is 0.136. The van der Waals surface area contributed by atoms with E-state index in [1.165, 1.54) is 11.3 Å². The fourth-order valence-electron chi connectivity index (χ4n) is 3.47. The number of amides is 1. The van der Waals surface area contributed by atoms with Crippen molar-refractivity contribution >= 4 is 27.9 Å². The molecule has 0 radical (unpaired) electrons. The highest BCUT2D eigenvalue weighted by Crippen LogP contribution is 2.27. The maximum atomic E-state index is 13.2. The largest absolute Gasteiger partial charge is 0.497 e. The average Bonchev–Trinajstić information content (AvgIpc) is 3.48. The van der Waals surface area contributed by atoms with Gasteiger partial charge < -0.3 is 14.0 Å². The van der Waals surface area contributed by atoms with Gasteiger partial charge in [0.15, 0.2) is 4.96 Å². The Morgan fingerprint density at radius 1 is 1.20 bits per heavy atom. The zero-order chi connectivity index (χ0) is 20.7. The molecule has 30 heavy (non-hydrogen) atoms. The number of aromatic nitrogens is 4. The molecule has 0 unspecified atom stereocenters. The van der Waals surface area contributed by atoms with E-state index >= 15 is 0 Å². The summed E-state index contributed by atoms with van der Waals surface area (Å²) < 4.78 is 9.15. The van der Waals surface area contributed by atoms with Crippen molar-refractivity contribution in [3.05, 3.63) is 77.8 Å². The smallest absolute Gasteiger partial charge is 0.271 e. The first-order valence-corrected chi connectivity index (χ1v) is 10.3. The molecule has 4 aromatic heterocycles. The number of pyridine rings is 1. The summed E-state index contributed by atoms with van der Waals surface area (Å²) >= 11 is 1.45. The number of benzene rings is 1. The molecule has 1 aromatic carbocycles. The second-order valence-electron chi connectivity index (χ2n) is 6.97. The number of hydrogen-bond acceptors (Lipinski definition) is 5. The molecule has 0 spiro atoms. The van der Waals surface area contributed by atoms with E-state index in [9.17, 15) is 4.79 Å². The van der Waals surface area contributed by atoms with E-state index in [1.54, 1.807) is 25.3 Å². The number of carbonyl (C=O) groups is 1. The first-order valence-electron chi connectivity index (χ1n) is 9.41. The minimum Gasteiger partial charge on any atom is -0.497 e. The molecule has 0 atom stereocenters. The van der Waals surface area contributed by atoms with Gasteiger partial charge in [0.2, 0.25) is 0 Å². The van der Waals surface area contributed by atoms with E-state index in [4.69, 9.17) is 4.74 Å². The van der Waals surface area contributed by atoms with Crippen LogP contribution in [0.1, 0.15) is 16.2 Å². The Morgan fingerprint density at radius 3 is 2.97 bits per heavy atom. The number of hydrogen-bond donors (Lipinski definition) is 0. The molecule has 4 heterocycles. The maximum absolute atomic E-state index is 13.2. The van der Waals surface area contributed by atoms with Crippen molar-refractivity contribution in [3.63, 3.8) is 0 Å². The highest BCUT2D eigenvalue weighted by molar-refractivity contribution is 7.15. The first-order chi connectivity index (χ1) is 14.6. The molecule has 8 heteroatoms. The topological polar surface area (TPSA) is 64.1 Å². The van der Waals surface area contributed by atoms with Gasteiger partial charge in [-0.1, -0.05) is 18.2 Å². The Labute approximate surface area is 176 Å². The zero-order valence-corrected chi connectivity index (χ0v) is 17.3. The number of fused-ring (bicyclic) bond motifs is 2. The minimum absolute atomic E-state index is 0.0678. The van der Waals surface area contributed by atoms with Gasteiger partial charge in [0, 0.05) is 30.4 Å². The summed E-state index contributed by atoms with van der Waals surface area (Å²) in [5, 5.41) is 1.85. The molecular weight excluding hydrogens is 398 g/mol. The van der Waals surface area contributed by atoms with E-state index in [2.05, 4.69) is 9.97 Å². The molecule has 0 N–H and O–H groups in total. The summed E-state index contributed by atoms with van der Waals surface area (Å²) in [4.78, 5) is 24.7. The molecule has 0 saturated heterocycles. The Balaban J connectivity index is 1.43. The first kappa shape index (κ1) is 18.4. The van der Waals surface area contributed by atoms with Gasteiger partial charge in [0.1, 0.15) is 17.1 Å². The van der Waals surface area contributed by atoms with E-state index in [0.717, 1.165) is 33.3 Å². The summed E-state index contributed by atoms with van der Waals surface area (Å²) in [5.74, 6) is 0.703. The normalized spacial score (nSPS) is 11.3. The van der Waals surface area contributed by atoms with Crippen LogP contribution < -0.4 is 4.74 Å². The molecule has 5 rings (SSSR count). The van der Waals surface area contributed by atoms with Crippen molar-refractivity contribution in [1.29, 1.82) is 0 Å². The molecule has 0 bridgehead atoms. The van der Waals surface area contributed by atoms with Gasteiger partial charge in [0.05, 0.1) is 31.2 Å². The predicted octanol–water partition coefficient (Wildman–Crippen LogP) is 3.99. The van der Waals surface area contributed by atoms with Gasteiger partial charge >= 0.3 is 0 Å². The van der Waals surface area contributed by atoms with Crippen molar-refractivity contribution < 1.29 is 9.53 Å². The monoisotopic (exact) mass is 417 g/mol. The third-order valence-electron chi connectivity index (χ3n) is 5.03. The average molecular weight is 417 g/mol. The van der Waals surface area contributed by atoms with Crippen LogP contribution in [-0.2, 0) is 6.54 Å². The van der Waals surface area contributed by atoms with E-state index in [1.807, 2.05) is 69.0 Å². The van der Waals surface area contributed by atoms with Crippen LogP contribution in [0.15, 0.2) is 66.4 Å². The molecule has 0 saturated carbocycles. The second kappa shape index (κ2) is 7.31. The molecule has 7 nitrogen and oxygen atoms in total. The number of nitrogens with zero attached hydrogens (tertiary/aromatic N) is 5. The fourth-order valence-corrected chi connectivity index (χ4v) is 4.32. The van der Waals surface area contributed by atoms with Crippen LogP contribution in [0.25, 0.3) is 21.9 Å². The van der Waals surface area contributed by atoms with E-state index < -0.39 is 0 Å². The van der Waals surface area contributed by atoms with E-state index in [-0.39, 0.29) is 5.91 Å². The molecule has 0 aliphatic heterocycles. The van der Waals surface area contributed by atoms with Crippen LogP contribution in [0, 0.1) is 0 Å². The SMILES string of the molecule is COc1cccc(-c2cn3c(C(=O)N(C)Cc4cnc5ccccn45)csc3n2)c1. The second-order valence-corrected chi connectivity index (χ2v) is 7.81. The Bertz CT molecular complexity index is 1370. The number of carbonyl (C=O) groups excluding carboxylic acids is 1. The van der Waals surface area contributed by atoms with Gasteiger partial charge in [-0.3, -0.25) is 9.20 Å². The lowest BCUT2D eigenvalue weighted by molar-refractivity contribution is 0.0776. The molecule has 0 aliphatic carbocycles. The molecule has 0 fully saturated rings. The van der Waals surface area contributed by atoms with Crippen molar-refractivity contribution in [2.45, 2.75) is 6.54 Å². The van der Waals surface area contributed by atoms with Crippen molar-refractivity contribution in [2.75, 3.05) is 14.2 Å². The summed E-state index contributed by atoms with van der Waals surface area (Å²) in [6.07, 6.45) is 5.66. The third-order valence-corrected chi connectivity index (χ3v) is 5.87. The lowest BCUT2D eigenvalue weighted by Gasteiger charge is -2.16. The van der Waals surface area contributed by atoms with Gasteiger partial charge in [-0.25, -0.2) is 9.97 Å². The summed E-state index contributed by atoms with van der Waals surface area (Å²) in [7, 11) is 3.44. The van der Waals surface area contributed by atoms with Crippen LogP contribution in [0.5, 0.6) is 5.75 Å². The predicted molar refractivity (Wildman–Crippen MR) is 116 cm³/mol. The summed E-state index contributed by atoms with van der Waals surface area (Å²) in [6, 6.07) is 13.6. The van der Waals surface area contributed by atoms with Crippen LogP contribution in [0.4, 0.5) is 0 Å². The van der Waals surface area contributed by atoms with Crippen LogP contribution >= 0.6 is 11.3 Å². The van der Waals surface area contributed by atoms with Gasteiger partial charge in [-0.2, -0.15) is 0 Å². The van der Waals surface area contributed by atoms with Crippen molar-refractivity contribution in [3.8, 4) is 17.0 Å². The Morgan fingerprint density at radius 2 is 2.10 bits per heavy atom. The molecule has 1 amide bonds. The van der Waals surface area contributed by atoms with Crippen molar-refractivity contribution in [1.82, 2.24) is 23.7 Å². The number of imidazole rings is 2. The lowest BCUT2D eigenvalue weighted by Crippen LogP contribution is -2.27. The zero-order valence-electron chi connectivity index (χ0n) is 16.5. The highest BCUT2D eigenvalue weighted by atomic mass is 32.1. The molecule has 150 valence electrons. The molecular formula is C22H19N5O2S. The van der Waals surface area contributed by atoms with E-state index in [0.29, 0.717) is 12.2 Å². The molecule has 5 aromatic rings. The Kier molecular flexibility index (Phi) is 4.48. The van der Waals surface area contributed by atoms with Crippen LogP contribution in [0.3, 0.4) is 0 Å². The van der Waals surface area contributed by atoms with Crippen LogP contribution in [0.2, 0.25) is 0 Å². The Hall–Kier alpha value is -3.65. The summed E-state index contributed by atoms with van der Waals surface area (Å²) in [6.45, 7) is 0.457. The molecule has 0 aliphatic rings. The van der Waals surface area contributed by atoms with Gasteiger partial charge in [-0.05, 0) is 24.3 Å². The minimum atomic E-state index is -0.0678. The van der Waals surface area contributed by atoms with Gasteiger partial charge in [-0.15, -0.1) is 11.3 Å². The number of methoxy groups -OCH3 is 1. The summed E-state index contributed by atoms with van der Waals surface area (Å²) in [5.41, 5.74) is 4.16. The number of thiazole rings is 1. The highest BCUT2D eigenvalue weighted by Gasteiger charge is 2.20. The maximum Gasteiger partial charge on any atom is 0.271 e. The van der Waals surface area contributed by atoms with Crippen molar-refractivity contribution in [2.24, 2.45) is 0 Å². The standard InChI is InChI=1S/C22H19N5O2S/c1-25(12-16-11-23-20-8-3-4-9-26(16)20)21(28)19-14-30-22-24-18(13-27(19)22)15-6-5-7-17(10-15)29-2/h3-11,13-14H,12H2,1-2H3. The quantitative estimate of drug-likeness (QED) is 0.434. The van der Waals surface area contributed by atoms with Crippen LogP contribution in [-0.4, -0.2) is 43.7 Å². The lowest BCUT2D eigenvalue weighted by atomic mass is 10.1. The van der Waals surface area contributed by atoms with Gasteiger partial charge in [0.25, 0.3) is 5.91 Å². The number of rotatable bonds is 5. The third kappa shape index (κ3) is 3.11.